The second-order valence-corrected chi connectivity index (χ2v) is 10.1. The molecule has 1 aromatic heterocycles. The fraction of sp³-hybridized carbons (Fsp3) is 0.231. The molecule has 1 unspecified atom stereocenters. The molecule has 35 heavy (non-hydrogen) atoms. The maximum Gasteiger partial charge on any atom is 0.350 e. The lowest BCUT2D eigenvalue weighted by Gasteiger charge is -2.23. The van der Waals surface area contributed by atoms with E-state index >= 15 is 0 Å². The van der Waals surface area contributed by atoms with Crippen LogP contribution in [0.1, 0.15) is 50.6 Å². The Labute approximate surface area is 215 Å². The number of aliphatic hydroxyl groups is 1. The summed E-state index contributed by atoms with van der Waals surface area (Å²) < 4.78 is 5.85. The average molecular weight is 555 g/mol. The fourth-order valence-electron chi connectivity index (χ4n) is 4.03. The van der Waals surface area contributed by atoms with Crippen molar-refractivity contribution in [2.75, 3.05) is 11.5 Å². The lowest BCUT2D eigenvalue weighted by molar-refractivity contribution is -0.132. The van der Waals surface area contributed by atoms with Gasteiger partial charge in [0.15, 0.2) is 5.13 Å². The summed E-state index contributed by atoms with van der Waals surface area (Å²) in [7, 11) is 0. The molecule has 0 bridgehead atoms. The Morgan fingerprint density at radius 3 is 2.60 bits per heavy atom. The highest BCUT2D eigenvalue weighted by Crippen LogP contribution is 2.44. The average Bonchev–Trinajstić information content (AvgIpc) is 3.32. The van der Waals surface area contributed by atoms with Crippen molar-refractivity contribution in [3.63, 3.8) is 0 Å². The Hall–Kier alpha value is -3.30. The quantitative estimate of drug-likeness (QED) is 0.190. The molecule has 0 radical (unpaired) electrons. The van der Waals surface area contributed by atoms with Crippen LogP contribution in [-0.4, -0.2) is 34.4 Å². The maximum absolute atomic E-state index is 13.4. The number of amides is 1. The Morgan fingerprint density at radius 1 is 1.17 bits per heavy atom. The number of hydrogen-bond acceptors (Lipinski definition) is 7. The van der Waals surface area contributed by atoms with E-state index in [0.717, 1.165) is 26.9 Å². The summed E-state index contributed by atoms with van der Waals surface area (Å²) in [6.07, 6.45) is 0. The highest BCUT2D eigenvalue weighted by atomic mass is 79.9. The van der Waals surface area contributed by atoms with Crippen LogP contribution in [-0.2, 0) is 14.3 Å². The Bertz CT molecular complexity index is 1390. The van der Waals surface area contributed by atoms with Gasteiger partial charge >= 0.3 is 11.9 Å². The van der Waals surface area contributed by atoms with Gasteiger partial charge in [-0.2, -0.15) is 0 Å². The van der Waals surface area contributed by atoms with E-state index in [1.54, 1.807) is 38.1 Å². The van der Waals surface area contributed by atoms with Gasteiger partial charge in [-0.1, -0.05) is 57.1 Å². The van der Waals surface area contributed by atoms with E-state index in [9.17, 15) is 19.5 Å². The predicted octanol–water partition coefficient (Wildman–Crippen LogP) is 5.63. The van der Waals surface area contributed by atoms with Crippen molar-refractivity contribution in [2.45, 2.75) is 33.7 Å². The van der Waals surface area contributed by atoms with Gasteiger partial charge in [0.25, 0.3) is 5.78 Å². The van der Waals surface area contributed by atoms with E-state index in [2.05, 4.69) is 20.9 Å². The standard InChI is InChI=1S/C26H23BrN2O5S/c1-5-34-25(33)23-15(4)28-26(35-23)29-20(16-7-6-8-17(27)12-16)19(22(31)24(29)32)21(30)18-11-13(2)9-10-14(18)3/h6-12,20,30H,5H2,1-4H3. The molecule has 1 aliphatic heterocycles. The first-order chi connectivity index (χ1) is 16.6. The van der Waals surface area contributed by atoms with Crippen molar-refractivity contribution in [1.82, 2.24) is 4.98 Å². The molecule has 1 atom stereocenters. The first-order valence-electron chi connectivity index (χ1n) is 10.9. The molecule has 1 fully saturated rings. The van der Waals surface area contributed by atoms with Crippen molar-refractivity contribution >= 4 is 55.8 Å². The predicted molar refractivity (Wildman–Crippen MR) is 138 cm³/mol. The van der Waals surface area contributed by atoms with Crippen LogP contribution in [0, 0.1) is 20.8 Å². The number of anilines is 1. The minimum absolute atomic E-state index is 0.0349. The number of ether oxygens (including phenoxy) is 1. The largest absolute Gasteiger partial charge is 0.507 e. The second-order valence-electron chi connectivity index (χ2n) is 8.17. The van der Waals surface area contributed by atoms with E-state index in [0.29, 0.717) is 16.8 Å². The third kappa shape index (κ3) is 4.53. The molecule has 3 aromatic rings. The van der Waals surface area contributed by atoms with Crippen LogP contribution >= 0.6 is 27.3 Å². The minimum atomic E-state index is -0.937. The van der Waals surface area contributed by atoms with Gasteiger partial charge in [0, 0.05) is 10.0 Å². The number of aliphatic hydroxyl groups excluding tert-OH is 1. The van der Waals surface area contributed by atoms with Crippen LogP contribution in [0.25, 0.3) is 5.76 Å². The second kappa shape index (κ2) is 9.75. The number of nitrogens with zero attached hydrogens (tertiary/aromatic N) is 2. The third-order valence-corrected chi connectivity index (χ3v) is 7.34. The van der Waals surface area contributed by atoms with Crippen molar-refractivity contribution in [3.8, 4) is 0 Å². The fourth-order valence-corrected chi connectivity index (χ4v) is 5.43. The van der Waals surface area contributed by atoms with Crippen LogP contribution in [0.15, 0.2) is 52.5 Å². The highest BCUT2D eigenvalue weighted by Gasteiger charge is 2.48. The number of benzene rings is 2. The summed E-state index contributed by atoms with van der Waals surface area (Å²) in [5.41, 5.74) is 3.11. The molecule has 1 saturated heterocycles. The minimum Gasteiger partial charge on any atom is -0.507 e. The first kappa shape index (κ1) is 24.8. The molecule has 180 valence electrons. The van der Waals surface area contributed by atoms with E-state index in [1.807, 2.05) is 32.0 Å². The number of thiazole rings is 1. The van der Waals surface area contributed by atoms with Gasteiger partial charge in [-0.3, -0.25) is 14.5 Å². The van der Waals surface area contributed by atoms with Crippen LogP contribution in [0.3, 0.4) is 0 Å². The number of aryl methyl sites for hydroxylation is 3. The Balaban J connectivity index is 1.95. The van der Waals surface area contributed by atoms with Crippen molar-refractivity contribution in [3.05, 3.63) is 85.3 Å². The molecule has 9 heteroatoms. The van der Waals surface area contributed by atoms with Crippen LogP contribution in [0.4, 0.5) is 5.13 Å². The van der Waals surface area contributed by atoms with E-state index in [-0.39, 0.29) is 27.9 Å². The summed E-state index contributed by atoms with van der Waals surface area (Å²) in [6, 6.07) is 11.8. The number of hydrogen-bond donors (Lipinski definition) is 1. The number of aromatic nitrogens is 1. The highest BCUT2D eigenvalue weighted by molar-refractivity contribution is 9.10. The Kier molecular flexibility index (Phi) is 6.91. The monoisotopic (exact) mass is 554 g/mol. The molecule has 0 aliphatic carbocycles. The van der Waals surface area contributed by atoms with Gasteiger partial charge in [-0.05, 0) is 57.0 Å². The summed E-state index contributed by atoms with van der Waals surface area (Å²) in [5, 5.41) is 11.6. The normalized spacial score (nSPS) is 17.2. The van der Waals surface area contributed by atoms with Gasteiger partial charge in [-0.15, -0.1) is 0 Å². The smallest absolute Gasteiger partial charge is 0.350 e. The van der Waals surface area contributed by atoms with Gasteiger partial charge in [0.1, 0.15) is 10.6 Å². The van der Waals surface area contributed by atoms with E-state index < -0.39 is 23.7 Å². The summed E-state index contributed by atoms with van der Waals surface area (Å²) in [4.78, 5) is 45.0. The molecule has 4 rings (SSSR count). The molecular weight excluding hydrogens is 532 g/mol. The zero-order chi connectivity index (χ0) is 25.4. The summed E-state index contributed by atoms with van der Waals surface area (Å²) >= 11 is 4.43. The molecule has 7 nitrogen and oxygen atoms in total. The molecular formula is C26H23BrN2O5S. The summed E-state index contributed by atoms with van der Waals surface area (Å²) in [5.74, 6) is -2.44. The zero-order valence-electron chi connectivity index (χ0n) is 19.6. The number of halogens is 1. The zero-order valence-corrected chi connectivity index (χ0v) is 22.0. The topological polar surface area (TPSA) is 96.8 Å². The molecule has 1 aliphatic rings. The van der Waals surface area contributed by atoms with E-state index in [1.165, 1.54) is 4.90 Å². The number of Topliss-reactive ketones (excluding diaryl/α,β-unsaturated/α-hetero) is 1. The summed E-state index contributed by atoms with van der Waals surface area (Å²) in [6.45, 7) is 7.26. The molecule has 2 aromatic carbocycles. The molecule has 0 saturated carbocycles. The van der Waals surface area contributed by atoms with Gasteiger partial charge in [-0.25, -0.2) is 9.78 Å². The van der Waals surface area contributed by atoms with Crippen molar-refractivity contribution in [1.29, 1.82) is 0 Å². The number of rotatable bonds is 5. The van der Waals surface area contributed by atoms with Crippen LogP contribution < -0.4 is 4.90 Å². The van der Waals surface area contributed by atoms with E-state index in [4.69, 9.17) is 4.74 Å². The maximum atomic E-state index is 13.4. The number of carbonyl (C=O) groups excluding carboxylic acids is 3. The number of esters is 1. The Morgan fingerprint density at radius 2 is 1.91 bits per heavy atom. The van der Waals surface area contributed by atoms with Gasteiger partial charge < -0.3 is 9.84 Å². The molecule has 0 spiro atoms. The lowest BCUT2D eigenvalue weighted by atomic mass is 9.93. The van der Waals surface area contributed by atoms with Gasteiger partial charge in [0.05, 0.1) is 23.9 Å². The molecule has 1 amide bonds. The van der Waals surface area contributed by atoms with Crippen LogP contribution in [0.5, 0.6) is 0 Å². The molecule has 1 N–H and O–H groups in total. The number of carbonyl (C=O) groups is 3. The SMILES string of the molecule is CCOC(=O)c1sc(N2C(=O)C(=O)C(=C(O)c3cc(C)ccc3C)C2c2cccc(Br)c2)nc1C. The number of ketones is 1. The van der Waals surface area contributed by atoms with Crippen molar-refractivity contribution < 1.29 is 24.2 Å². The van der Waals surface area contributed by atoms with Crippen molar-refractivity contribution in [2.24, 2.45) is 0 Å². The third-order valence-electron chi connectivity index (χ3n) is 5.71. The lowest BCUT2D eigenvalue weighted by Crippen LogP contribution is -2.29. The first-order valence-corrected chi connectivity index (χ1v) is 12.5. The van der Waals surface area contributed by atoms with Crippen LogP contribution in [0.2, 0.25) is 0 Å². The van der Waals surface area contributed by atoms with Gasteiger partial charge in [0.2, 0.25) is 0 Å². The molecule has 2 heterocycles.